The van der Waals surface area contributed by atoms with Gasteiger partial charge >= 0.3 is 0 Å². The van der Waals surface area contributed by atoms with E-state index in [0.717, 1.165) is 19.3 Å². The molecule has 1 aliphatic carbocycles. The maximum atomic E-state index is 13.0. The van der Waals surface area contributed by atoms with E-state index >= 15 is 0 Å². The topological polar surface area (TPSA) is 116 Å². The molecule has 7 heteroatoms. The van der Waals surface area contributed by atoms with Crippen molar-refractivity contribution < 1.29 is 19.2 Å². The van der Waals surface area contributed by atoms with Crippen molar-refractivity contribution in [1.82, 2.24) is 10.6 Å². The van der Waals surface area contributed by atoms with Gasteiger partial charge in [-0.05, 0) is 37.0 Å². The van der Waals surface area contributed by atoms with Crippen molar-refractivity contribution in [1.29, 1.82) is 5.26 Å². The summed E-state index contributed by atoms with van der Waals surface area (Å²) in [5.41, 5.74) is -0.488. The molecule has 31 heavy (non-hydrogen) atoms. The average Bonchev–Trinajstić information content (AvgIpc) is 2.65. The van der Waals surface area contributed by atoms with Gasteiger partial charge in [0.1, 0.15) is 11.8 Å². The van der Waals surface area contributed by atoms with E-state index in [1.54, 1.807) is 0 Å². The number of carbonyl (C=O) groups excluding carboxylic acids is 4. The Labute approximate surface area is 186 Å². The quantitative estimate of drug-likeness (QED) is 0.548. The zero-order valence-electron chi connectivity index (χ0n) is 19.9. The number of nitrogens with zero attached hydrogens (tertiary/aromatic N) is 1. The summed E-state index contributed by atoms with van der Waals surface area (Å²) >= 11 is 0. The van der Waals surface area contributed by atoms with Gasteiger partial charge in [-0.2, -0.15) is 5.26 Å². The maximum absolute atomic E-state index is 13.0. The van der Waals surface area contributed by atoms with E-state index in [4.69, 9.17) is 0 Å². The lowest BCUT2D eigenvalue weighted by Crippen LogP contribution is -2.50. The Morgan fingerprint density at radius 1 is 1.16 bits per heavy atom. The Kier molecular flexibility index (Phi) is 10.4. The molecule has 0 heterocycles. The summed E-state index contributed by atoms with van der Waals surface area (Å²) in [6, 6.07) is 0.662. The van der Waals surface area contributed by atoms with Crippen LogP contribution in [0.25, 0.3) is 0 Å². The summed E-state index contributed by atoms with van der Waals surface area (Å²) in [7, 11) is 0. The minimum atomic E-state index is -0.752. The minimum absolute atomic E-state index is 0.00720. The molecule has 0 bridgehead atoms. The second-order valence-corrected chi connectivity index (χ2v) is 10.3. The summed E-state index contributed by atoms with van der Waals surface area (Å²) in [6.07, 6.45) is 3.95. The molecule has 0 radical (unpaired) electrons. The van der Waals surface area contributed by atoms with Gasteiger partial charge in [0.2, 0.25) is 11.8 Å². The number of nitriles is 1. The van der Waals surface area contributed by atoms with Crippen molar-refractivity contribution in [3.63, 3.8) is 0 Å². The van der Waals surface area contributed by atoms with Crippen LogP contribution in [0.2, 0.25) is 0 Å². The lowest BCUT2D eigenvalue weighted by atomic mass is 9.80. The second kappa shape index (κ2) is 12.0. The molecule has 0 aromatic carbocycles. The summed E-state index contributed by atoms with van der Waals surface area (Å²) in [5.74, 6) is -1.26. The van der Waals surface area contributed by atoms with Gasteiger partial charge in [-0.1, -0.05) is 41.0 Å². The fourth-order valence-corrected chi connectivity index (χ4v) is 4.22. The third-order valence-electron chi connectivity index (χ3n) is 5.78. The molecule has 1 saturated carbocycles. The van der Waals surface area contributed by atoms with Crippen LogP contribution in [0.4, 0.5) is 0 Å². The first-order chi connectivity index (χ1) is 14.3. The Morgan fingerprint density at radius 2 is 1.81 bits per heavy atom. The van der Waals surface area contributed by atoms with Crippen molar-refractivity contribution in [2.75, 3.05) is 0 Å². The van der Waals surface area contributed by atoms with E-state index in [9.17, 15) is 24.4 Å². The molecule has 174 valence electrons. The molecule has 0 aliphatic heterocycles. The third kappa shape index (κ3) is 9.20. The monoisotopic (exact) mass is 433 g/mol. The number of hydrogen-bond acceptors (Lipinski definition) is 5. The largest absolute Gasteiger partial charge is 0.346 e. The molecule has 2 N–H and O–H groups in total. The summed E-state index contributed by atoms with van der Waals surface area (Å²) in [4.78, 5) is 49.8. The first kappa shape index (κ1) is 26.8. The third-order valence-corrected chi connectivity index (χ3v) is 5.78. The Balaban J connectivity index is 2.89. The molecule has 4 atom stereocenters. The molecule has 7 nitrogen and oxygen atoms in total. The fraction of sp³-hybridized carbons (Fsp3) is 0.792. The number of rotatable bonds is 10. The van der Waals surface area contributed by atoms with Crippen LogP contribution in [0.15, 0.2) is 0 Å². The average molecular weight is 434 g/mol. The number of hydrogen-bond donors (Lipinski definition) is 2. The van der Waals surface area contributed by atoms with Crippen LogP contribution in [0.3, 0.4) is 0 Å². The van der Waals surface area contributed by atoms with Crippen LogP contribution in [-0.2, 0) is 19.2 Å². The van der Waals surface area contributed by atoms with Crippen molar-refractivity contribution in [3.05, 3.63) is 0 Å². The number of ketones is 2. The van der Waals surface area contributed by atoms with E-state index < -0.39 is 23.4 Å². The molecular weight excluding hydrogens is 394 g/mol. The van der Waals surface area contributed by atoms with E-state index in [0.29, 0.717) is 19.3 Å². The molecule has 2 amide bonds. The summed E-state index contributed by atoms with van der Waals surface area (Å²) in [5, 5.41) is 15.0. The highest BCUT2D eigenvalue weighted by Gasteiger charge is 2.35. The van der Waals surface area contributed by atoms with Crippen LogP contribution in [0.5, 0.6) is 0 Å². The Morgan fingerprint density at radius 3 is 2.29 bits per heavy atom. The van der Waals surface area contributed by atoms with Crippen molar-refractivity contribution in [3.8, 4) is 6.07 Å². The predicted molar refractivity (Wildman–Crippen MR) is 119 cm³/mol. The van der Waals surface area contributed by atoms with Gasteiger partial charge in [0, 0.05) is 31.6 Å². The van der Waals surface area contributed by atoms with Crippen LogP contribution in [0.1, 0.15) is 86.5 Å². The first-order valence-corrected chi connectivity index (χ1v) is 11.4. The predicted octanol–water partition coefficient (Wildman–Crippen LogP) is 3.32. The van der Waals surface area contributed by atoms with Crippen molar-refractivity contribution in [2.24, 2.45) is 23.2 Å². The first-order valence-electron chi connectivity index (χ1n) is 11.4. The highest BCUT2D eigenvalue weighted by Crippen LogP contribution is 2.26. The number of nitrogens with one attached hydrogen (secondary N) is 2. The van der Waals surface area contributed by atoms with E-state index in [1.165, 1.54) is 6.92 Å². The Hall–Kier alpha value is -2.23. The lowest BCUT2D eigenvalue weighted by Gasteiger charge is -2.31. The molecule has 1 fully saturated rings. The van der Waals surface area contributed by atoms with Gasteiger partial charge in [-0.3, -0.25) is 19.2 Å². The summed E-state index contributed by atoms with van der Waals surface area (Å²) in [6.45, 7) is 10.9. The zero-order valence-corrected chi connectivity index (χ0v) is 19.9. The van der Waals surface area contributed by atoms with E-state index in [2.05, 4.69) is 16.7 Å². The molecule has 1 aliphatic rings. The van der Waals surface area contributed by atoms with Crippen molar-refractivity contribution >= 4 is 23.4 Å². The molecular formula is C24H39N3O4. The molecule has 0 unspecified atom stereocenters. The fourth-order valence-electron chi connectivity index (χ4n) is 4.22. The summed E-state index contributed by atoms with van der Waals surface area (Å²) < 4.78 is 0. The minimum Gasteiger partial charge on any atom is -0.346 e. The SMILES string of the molecule is CC(=O)N[C@H](C(=O)C[C@@H](CC(C)C)C(=O)N[C@H](C#N)C[C@@H]1CCCCC1=O)C(C)(C)C. The molecule has 1 rings (SSSR count). The smallest absolute Gasteiger partial charge is 0.224 e. The zero-order chi connectivity index (χ0) is 23.8. The standard InChI is InChI=1S/C24H39N3O4/c1-15(2)11-18(13-21(30)22(24(4,5)6)26-16(3)28)23(31)27-19(14-25)12-17-9-7-8-10-20(17)29/h15,17-19,22H,7-13H2,1-6H3,(H,26,28)(H,27,31)/t17-,18+,19-,22+/m0/s1. The van der Waals surface area contributed by atoms with Crippen LogP contribution < -0.4 is 10.6 Å². The Bertz CT molecular complexity index is 703. The molecule has 0 saturated heterocycles. The maximum Gasteiger partial charge on any atom is 0.224 e. The number of carbonyl (C=O) groups is 4. The van der Waals surface area contributed by atoms with Gasteiger partial charge in [0.05, 0.1) is 12.1 Å². The van der Waals surface area contributed by atoms with Gasteiger partial charge in [0.15, 0.2) is 5.78 Å². The van der Waals surface area contributed by atoms with Gasteiger partial charge in [0.25, 0.3) is 0 Å². The van der Waals surface area contributed by atoms with E-state index in [1.807, 2.05) is 34.6 Å². The van der Waals surface area contributed by atoms with Crippen LogP contribution >= 0.6 is 0 Å². The highest BCUT2D eigenvalue weighted by molar-refractivity contribution is 5.92. The van der Waals surface area contributed by atoms with Gasteiger partial charge < -0.3 is 10.6 Å². The van der Waals surface area contributed by atoms with Gasteiger partial charge in [-0.15, -0.1) is 0 Å². The second-order valence-electron chi connectivity index (χ2n) is 10.3. The van der Waals surface area contributed by atoms with E-state index in [-0.39, 0.29) is 41.6 Å². The number of amides is 2. The molecule has 0 aromatic heterocycles. The highest BCUT2D eigenvalue weighted by atomic mass is 16.2. The molecule has 0 spiro atoms. The lowest BCUT2D eigenvalue weighted by molar-refractivity contribution is -0.134. The van der Waals surface area contributed by atoms with Crippen LogP contribution in [-0.4, -0.2) is 35.5 Å². The van der Waals surface area contributed by atoms with Gasteiger partial charge in [-0.25, -0.2) is 0 Å². The normalized spacial score (nSPS) is 19.8. The van der Waals surface area contributed by atoms with Crippen LogP contribution in [0, 0.1) is 34.5 Å². The molecule has 0 aromatic rings. The number of Topliss-reactive ketones (excluding diaryl/α,β-unsaturated/α-hetero) is 2. The van der Waals surface area contributed by atoms with Crippen molar-refractivity contribution in [2.45, 2.75) is 98.6 Å².